The summed E-state index contributed by atoms with van der Waals surface area (Å²) < 4.78 is 19.0. The van der Waals surface area contributed by atoms with E-state index in [1.807, 2.05) is 19.2 Å². The normalized spacial score (nSPS) is 12.9. The lowest BCUT2D eigenvalue weighted by Crippen LogP contribution is -2.32. The highest BCUT2D eigenvalue weighted by molar-refractivity contribution is 5.25. The van der Waals surface area contributed by atoms with Gasteiger partial charge in [0.1, 0.15) is 5.82 Å². The van der Waals surface area contributed by atoms with E-state index in [2.05, 4.69) is 24.1 Å². The van der Waals surface area contributed by atoms with Crippen molar-refractivity contribution in [1.82, 2.24) is 10.2 Å². The van der Waals surface area contributed by atoms with Crippen LogP contribution >= 0.6 is 0 Å². The van der Waals surface area contributed by atoms with E-state index in [1.165, 1.54) is 0 Å². The van der Waals surface area contributed by atoms with Crippen molar-refractivity contribution in [2.45, 2.75) is 39.4 Å². The molecule has 1 rings (SSSR count). The van der Waals surface area contributed by atoms with E-state index in [4.69, 9.17) is 4.74 Å². The Balaban J connectivity index is 2.65. The number of nitrogens with one attached hydrogen (secondary N) is 1. The Morgan fingerprint density at radius 1 is 1.40 bits per heavy atom. The first-order chi connectivity index (χ1) is 9.58. The van der Waals surface area contributed by atoms with Crippen molar-refractivity contribution in [2.24, 2.45) is 0 Å². The van der Waals surface area contributed by atoms with Gasteiger partial charge in [-0.2, -0.15) is 0 Å². The van der Waals surface area contributed by atoms with Gasteiger partial charge >= 0.3 is 0 Å². The first-order valence-electron chi connectivity index (χ1n) is 7.25. The predicted octanol–water partition coefficient (Wildman–Crippen LogP) is 2.79. The summed E-state index contributed by atoms with van der Waals surface area (Å²) in [6.45, 7) is 7.23. The van der Waals surface area contributed by atoms with Crippen molar-refractivity contribution in [1.29, 1.82) is 0 Å². The van der Waals surface area contributed by atoms with Crippen LogP contribution in [0.3, 0.4) is 0 Å². The van der Waals surface area contributed by atoms with Crippen molar-refractivity contribution in [3.05, 3.63) is 35.1 Å². The summed E-state index contributed by atoms with van der Waals surface area (Å²) in [6, 6.07) is 5.63. The van der Waals surface area contributed by atoms with Gasteiger partial charge in [-0.3, -0.25) is 4.90 Å². The lowest BCUT2D eigenvalue weighted by molar-refractivity contribution is 0.111. The van der Waals surface area contributed by atoms with E-state index in [0.29, 0.717) is 13.2 Å². The molecule has 1 N–H and O–H groups in total. The maximum absolute atomic E-state index is 13.9. The molecule has 1 atom stereocenters. The van der Waals surface area contributed by atoms with Crippen LogP contribution < -0.4 is 5.32 Å². The second-order valence-corrected chi connectivity index (χ2v) is 5.32. The molecule has 0 bridgehead atoms. The minimum Gasteiger partial charge on any atom is -0.383 e. The average molecular weight is 282 g/mol. The molecule has 114 valence electrons. The van der Waals surface area contributed by atoms with Gasteiger partial charge < -0.3 is 10.1 Å². The van der Waals surface area contributed by atoms with E-state index < -0.39 is 0 Å². The van der Waals surface area contributed by atoms with Crippen molar-refractivity contribution >= 4 is 0 Å². The first kappa shape index (κ1) is 17.1. The molecule has 1 unspecified atom stereocenters. The fourth-order valence-electron chi connectivity index (χ4n) is 2.06. The Morgan fingerprint density at radius 2 is 2.15 bits per heavy atom. The second kappa shape index (κ2) is 9.06. The number of nitrogens with zero attached hydrogens (tertiary/aromatic N) is 1. The Hall–Kier alpha value is -0.970. The van der Waals surface area contributed by atoms with Gasteiger partial charge in [0.25, 0.3) is 0 Å². The van der Waals surface area contributed by atoms with Crippen molar-refractivity contribution in [3.63, 3.8) is 0 Å². The Morgan fingerprint density at radius 3 is 2.80 bits per heavy atom. The van der Waals surface area contributed by atoms with Crippen molar-refractivity contribution in [3.8, 4) is 0 Å². The number of hydrogen-bond donors (Lipinski definition) is 1. The van der Waals surface area contributed by atoms with Crippen molar-refractivity contribution < 1.29 is 9.13 Å². The fourth-order valence-corrected chi connectivity index (χ4v) is 2.06. The Kier molecular flexibility index (Phi) is 7.73. The summed E-state index contributed by atoms with van der Waals surface area (Å²) in [6.07, 6.45) is 1.10. The topological polar surface area (TPSA) is 24.5 Å². The molecule has 20 heavy (non-hydrogen) atoms. The average Bonchev–Trinajstić information content (AvgIpc) is 2.42. The zero-order valence-corrected chi connectivity index (χ0v) is 13.1. The number of likely N-dealkylation sites (N-methyl/N-ethyl adjacent to an activating group) is 1. The number of rotatable bonds is 9. The lowest BCUT2D eigenvalue weighted by atomic mass is 10.1. The molecule has 0 fully saturated rings. The molecular weight excluding hydrogens is 255 g/mol. The molecule has 0 amide bonds. The van der Waals surface area contributed by atoms with Gasteiger partial charge in [0.05, 0.1) is 6.61 Å². The van der Waals surface area contributed by atoms with Gasteiger partial charge in [-0.25, -0.2) is 4.39 Å². The summed E-state index contributed by atoms with van der Waals surface area (Å²) in [5.74, 6) is -0.138. The molecule has 0 aliphatic carbocycles. The summed E-state index contributed by atoms with van der Waals surface area (Å²) in [4.78, 5) is 2.10. The number of methoxy groups -OCH3 is 1. The number of halogens is 1. The molecule has 0 radical (unpaired) electrons. The summed E-state index contributed by atoms with van der Waals surface area (Å²) in [7, 11) is 3.68. The van der Waals surface area contributed by atoms with E-state index in [1.54, 1.807) is 13.2 Å². The zero-order chi connectivity index (χ0) is 15.0. The van der Waals surface area contributed by atoms with Crippen LogP contribution in [0.15, 0.2) is 18.2 Å². The minimum atomic E-state index is -0.138. The second-order valence-electron chi connectivity index (χ2n) is 5.32. The van der Waals surface area contributed by atoms with Gasteiger partial charge in [-0.15, -0.1) is 0 Å². The Bertz CT molecular complexity index is 398. The Labute approximate surface area is 122 Å². The maximum Gasteiger partial charge on any atom is 0.127 e. The quantitative estimate of drug-likeness (QED) is 0.705. The van der Waals surface area contributed by atoms with Gasteiger partial charge in [0, 0.05) is 31.8 Å². The van der Waals surface area contributed by atoms with Crippen molar-refractivity contribution in [2.75, 3.05) is 27.3 Å². The molecular formula is C16H27FN2O. The van der Waals surface area contributed by atoms with Crippen LogP contribution in [-0.2, 0) is 17.8 Å². The molecule has 0 spiro atoms. The van der Waals surface area contributed by atoms with Gasteiger partial charge in [-0.1, -0.05) is 19.1 Å². The van der Waals surface area contributed by atoms with Crippen LogP contribution in [0.1, 0.15) is 31.4 Å². The smallest absolute Gasteiger partial charge is 0.127 e. The number of hydrogen-bond acceptors (Lipinski definition) is 3. The molecule has 0 aromatic heterocycles. The third-order valence-electron chi connectivity index (χ3n) is 3.45. The fraction of sp³-hybridized carbons (Fsp3) is 0.625. The van der Waals surface area contributed by atoms with Gasteiger partial charge in [0.2, 0.25) is 0 Å². The van der Waals surface area contributed by atoms with E-state index in [9.17, 15) is 4.39 Å². The largest absolute Gasteiger partial charge is 0.383 e. The maximum atomic E-state index is 13.9. The predicted molar refractivity (Wildman–Crippen MR) is 81.2 cm³/mol. The molecule has 3 nitrogen and oxygen atoms in total. The monoisotopic (exact) mass is 282 g/mol. The number of benzene rings is 1. The summed E-state index contributed by atoms with van der Waals surface area (Å²) >= 11 is 0. The van der Waals surface area contributed by atoms with Crippen LogP contribution in [0.25, 0.3) is 0 Å². The lowest BCUT2D eigenvalue weighted by Gasteiger charge is -2.24. The van der Waals surface area contributed by atoms with Crippen LogP contribution in [0, 0.1) is 5.82 Å². The third-order valence-corrected chi connectivity index (χ3v) is 3.45. The van der Waals surface area contributed by atoms with E-state index >= 15 is 0 Å². The molecule has 0 heterocycles. The molecule has 0 saturated carbocycles. The van der Waals surface area contributed by atoms with Gasteiger partial charge in [0.15, 0.2) is 0 Å². The summed E-state index contributed by atoms with van der Waals surface area (Å²) in [5, 5.41) is 3.34. The third kappa shape index (κ3) is 5.57. The molecule has 0 aliphatic heterocycles. The van der Waals surface area contributed by atoms with Crippen LogP contribution in [-0.4, -0.2) is 38.3 Å². The zero-order valence-electron chi connectivity index (χ0n) is 13.1. The highest BCUT2D eigenvalue weighted by Crippen LogP contribution is 2.14. The molecule has 0 aliphatic rings. The van der Waals surface area contributed by atoms with E-state index in [0.717, 1.165) is 30.6 Å². The van der Waals surface area contributed by atoms with E-state index in [-0.39, 0.29) is 11.9 Å². The van der Waals surface area contributed by atoms with Crippen LogP contribution in [0.5, 0.6) is 0 Å². The molecule has 1 aromatic rings. The van der Waals surface area contributed by atoms with Crippen LogP contribution in [0.2, 0.25) is 0 Å². The highest BCUT2D eigenvalue weighted by Gasteiger charge is 2.12. The highest BCUT2D eigenvalue weighted by atomic mass is 19.1. The summed E-state index contributed by atoms with van der Waals surface area (Å²) in [5.41, 5.74) is 1.87. The van der Waals surface area contributed by atoms with Gasteiger partial charge in [-0.05, 0) is 38.6 Å². The SMILES string of the molecule is CCCNCc1ccc(F)c(CN(C)C(C)COC)c1. The number of ether oxygens (including phenoxy) is 1. The molecule has 0 saturated heterocycles. The standard InChI is InChI=1S/C16H27FN2O/c1-5-8-18-10-14-6-7-16(17)15(9-14)11-19(3)13(2)12-20-4/h6-7,9,13,18H,5,8,10-12H2,1-4H3. The molecule has 4 heteroatoms. The van der Waals surface area contributed by atoms with Crippen LogP contribution in [0.4, 0.5) is 4.39 Å². The first-order valence-corrected chi connectivity index (χ1v) is 7.25. The molecule has 1 aromatic carbocycles. The minimum absolute atomic E-state index is 0.138.